The SMILES string of the molecule is NCc1ccc(F)c(I)n1. The molecule has 0 amide bonds. The third-order valence-electron chi connectivity index (χ3n) is 1.07. The largest absolute Gasteiger partial charge is 0.325 e. The van der Waals surface area contributed by atoms with Crippen molar-refractivity contribution in [2.24, 2.45) is 5.73 Å². The first kappa shape index (κ1) is 7.87. The average molecular weight is 252 g/mol. The van der Waals surface area contributed by atoms with Crippen molar-refractivity contribution in [2.75, 3.05) is 0 Å². The topological polar surface area (TPSA) is 38.9 Å². The maximum absolute atomic E-state index is 12.5. The number of pyridine rings is 1. The van der Waals surface area contributed by atoms with Gasteiger partial charge in [0.25, 0.3) is 0 Å². The van der Waals surface area contributed by atoms with E-state index >= 15 is 0 Å². The van der Waals surface area contributed by atoms with Gasteiger partial charge in [-0.3, -0.25) is 0 Å². The van der Waals surface area contributed by atoms with Crippen molar-refractivity contribution in [1.82, 2.24) is 4.98 Å². The molecule has 0 aliphatic carbocycles. The summed E-state index contributed by atoms with van der Waals surface area (Å²) in [6.07, 6.45) is 0. The summed E-state index contributed by atoms with van der Waals surface area (Å²) in [4.78, 5) is 3.88. The molecule has 0 saturated heterocycles. The van der Waals surface area contributed by atoms with Crippen molar-refractivity contribution in [3.05, 3.63) is 27.3 Å². The Morgan fingerprint density at radius 3 is 2.80 bits per heavy atom. The number of halogens is 2. The zero-order valence-corrected chi connectivity index (χ0v) is 7.30. The van der Waals surface area contributed by atoms with Gasteiger partial charge in [-0.1, -0.05) is 0 Å². The Kier molecular flexibility index (Phi) is 2.56. The van der Waals surface area contributed by atoms with Crippen molar-refractivity contribution in [1.29, 1.82) is 0 Å². The van der Waals surface area contributed by atoms with Gasteiger partial charge in [0.15, 0.2) is 5.82 Å². The molecule has 0 saturated carbocycles. The zero-order valence-electron chi connectivity index (χ0n) is 5.14. The van der Waals surface area contributed by atoms with Crippen molar-refractivity contribution in [3.63, 3.8) is 0 Å². The Balaban J connectivity index is 3.04. The van der Waals surface area contributed by atoms with Crippen LogP contribution in [0.15, 0.2) is 12.1 Å². The molecule has 0 spiro atoms. The van der Waals surface area contributed by atoms with Gasteiger partial charge in [0, 0.05) is 6.54 Å². The van der Waals surface area contributed by atoms with E-state index in [1.807, 2.05) is 22.6 Å². The molecule has 0 radical (unpaired) electrons. The van der Waals surface area contributed by atoms with Gasteiger partial charge in [0.05, 0.1) is 5.69 Å². The highest BCUT2D eigenvalue weighted by Gasteiger charge is 1.99. The first-order valence-corrected chi connectivity index (χ1v) is 3.83. The first-order chi connectivity index (χ1) is 4.74. The molecule has 0 atom stereocenters. The molecular formula is C6H6FIN2. The minimum absolute atomic E-state index is 0.294. The molecule has 4 heteroatoms. The smallest absolute Gasteiger partial charge is 0.155 e. The third-order valence-corrected chi connectivity index (χ3v) is 1.83. The molecule has 1 aromatic rings. The van der Waals surface area contributed by atoms with Crippen LogP contribution in [0.25, 0.3) is 0 Å². The van der Waals surface area contributed by atoms with Gasteiger partial charge < -0.3 is 5.73 Å². The summed E-state index contributed by atoms with van der Waals surface area (Å²) in [6, 6.07) is 2.95. The number of hydrogen-bond donors (Lipinski definition) is 1. The van der Waals surface area contributed by atoms with E-state index in [0.717, 1.165) is 0 Å². The van der Waals surface area contributed by atoms with E-state index in [1.54, 1.807) is 6.07 Å². The molecular weight excluding hydrogens is 246 g/mol. The number of nitrogens with zero attached hydrogens (tertiary/aromatic N) is 1. The van der Waals surface area contributed by atoms with Gasteiger partial charge in [-0.2, -0.15) is 0 Å². The Morgan fingerprint density at radius 2 is 2.30 bits per heavy atom. The second-order valence-corrected chi connectivity index (χ2v) is 2.80. The molecule has 10 heavy (non-hydrogen) atoms. The van der Waals surface area contributed by atoms with E-state index in [2.05, 4.69) is 4.98 Å². The summed E-state index contributed by atoms with van der Waals surface area (Å²) in [5, 5.41) is 0. The van der Waals surface area contributed by atoms with Crippen LogP contribution in [0.5, 0.6) is 0 Å². The first-order valence-electron chi connectivity index (χ1n) is 2.75. The van der Waals surface area contributed by atoms with E-state index in [1.165, 1.54) is 6.07 Å². The molecule has 1 heterocycles. The predicted octanol–water partition coefficient (Wildman–Crippen LogP) is 1.28. The molecule has 2 N–H and O–H groups in total. The number of aromatic nitrogens is 1. The Morgan fingerprint density at radius 1 is 1.60 bits per heavy atom. The van der Waals surface area contributed by atoms with Crippen LogP contribution in [-0.4, -0.2) is 4.98 Å². The fourth-order valence-corrected chi connectivity index (χ4v) is 1.06. The second-order valence-electron chi connectivity index (χ2n) is 1.78. The maximum atomic E-state index is 12.5. The van der Waals surface area contributed by atoms with Crippen molar-refractivity contribution in [2.45, 2.75) is 6.54 Å². The van der Waals surface area contributed by atoms with Gasteiger partial charge in [-0.25, -0.2) is 9.37 Å². The lowest BCUT2D eigenvalue weighted by atomic mass is 10.3. The van der Waals surface area contributed by atoms with Crippen molar-refractivity contribution < 1.29 is 4.39 Å². The van der Waals surface area contributed by atoms with E-state index in [4.69, 9.17) is 5.73 Å². The Labute approximate surface area is 71.8 Å². The highest BCUT2D eigenvalue weighted by Crippen LogP contribution is 2.07. The van der Waals surface area contributed by atoms with Gasteiger partial charge in [0.1, 0.15) is 3.70 Å². The number of nitrogens with two attached hydrogens (primary N) is 1. The maximum Gasteiger partial charge on any atom is 0.155 e. The summed E-state index contributed by atoms with van der Waals surface area (Å²) >= 11 is 1.83. The minimum Gasteiger partial charge on any atom is -0.325 e. The third kappa shape index (κ3) is 1.63. The predicted molar refractivity (Wildman–Crippen MR) is 44.8 cm³/mol. The van der Waals surface area contributed by atoms with E-state index in [9.17, 15) is 4.39 Å². The molecule has 54 valence electrons. The van der Waals surface area contributed by atoms with Crippen LogP contribution in [-0.2, 0) is 6.54 Å². The normalized spacial score (nSPS) is 9.90. The van der Waals surface area contributed by atoms with Crippen molar-refractivity contribution in [3.8, 4) is 0 Å². The molecule has 0 aromatic carbocycles. The van der Waals surface area contributed by atoms with Crippen LogP contribution in [0.3, 0.4) is 0 Å². The minimum atomic E-state index is -0.294. The summed E-state index contributed by atoms with van der Waals surface area (Å²) in [5.74, 6) is -0.294. The van der Waals surface area contributed by atoms with Crippen LogP contribution < -0.4 is 5.73 Å². The van der Waals surface area contributed by atoms with Crippen LogP contribution in [0.1, 0.15) is 5.69 Å². The molecule has 0 aliphatic heterocycles. The molecule has 0 unspecified atom stereocenters. The fraction of sp³-hybridized carbons (Fsp3) is 0.167. The second kappa shape index (κ2) is 3.25. The Bertz CT molecular complexity index is 239. The highest BCUT2D eigenvalue weighted by molar-refractivity contribution is 14.1. The lowest BCUT2D eigenvalue weighted by molar-refractivity contribution is 0.609. The lowest BCUT2D eigenvalue weighted by Gasteiger charge is -1.96. The highest BCUT2D eigenvalue weighted by atomic mass is 127. The van der Waals surface area contributed by atoms with Gasteiger partial charge in [-0.15, -0.1) is 0 Å². The van der Waals surface area contributed by atoms with E-state index < -0.39 is 0 Å². The van der Waals surface area contributed by atoms with E-state index in [-0.39, 0.29) is 5.82 Å². The summed E-state index contributed by atoms with van der Waals surface area (Å²) in [5.41, 5.74) is 5.99. The van der Waals surface area contributed by atoms with Crippen LogP contribution in [0, 0.1) is 9.52 Å². The van der Waals surface area contributed by atoms with Crippen LogP contribution >= 0.6 is 22.6 Å². The quantitative estimate of drug-likeness (QED) is 0.604. The standard InChI is InChI=1S/C6H6FIN2/c7-5-2-1-4(3-9)10-6(5)8/h1-2H,3,9H2. The van der Waals surface area contributed by atoms with Crippen LogP contribution in [0.2, 0.25) is 0 Å². The molecule has 1 rings (SSSR count). The molecule has 2 nitrogen and oxygen atoms in total. The van der Waals surface area contributed by atoms with Gasteiger partial charge >= 0.3 is 0 Å². The molecule has 1 aromatic heterocycles. The average Bonchev–Trinajstić information content (AvgIpc) is 1.95. The number of hydrogen-bond acceptors (Lipinski definition) is 2. The fourth-order valence-electron chi connectivity index (χ4n) is 0.569. The molecule has 0 bridgehead atoms. The monoisotopic (exact) mass is 252 g/mol. The molecule has 0 fully saturated rings. The summed E-state index contributed by atoms with van der Waals surface area (Å²) in [7, 11) is 0. The van der Waals surface area contributed by atoms with E-state index in [0.29, 0.717) is 15.9 Å². The number of rotatable bonds is 1. The molecule has 0 aliphatic rings. The zero-order chi connectivity index (χ0) is 7.56. The van der Waals surface area contributed by atoms with Gasteiger partial charge in [-0.05, 0) is 34.7 Å². The van der Waals surface area contributed by atoms with Crippen LogP contribution in [0.4, 0.5) is 4.39 Å². The lowest BCUT2D eigenvalue weighted by Crippen LogP contribution is -2.01. The summed E-state index contributed by atoms with van der Waals surface area (Å²) < 4.78 is 12.9. The Hall–Kier alpha value is -0.230. The van der Waals surface area contributed by atoms with Gasteiger partial charge in [0.2, 0.25) is 0 Å². The van der Waals surface area contributed by atoms with Crippen molar-refractivity contribution >= 4 is 22.6 Å². The summed E-state index contributed by atoms with van der Waals surface area (Å²) in [6.45, 7) is 0.357.